The van der Waals surface area contributed by atoms with Gasteiger partial charge in [-0.25, -0.2) is 0 Å². The number of benzene rings is 1. The van der Waals surface area contributed by atoms with Gasteiger partial charge < -0.3 is 9.88 Å². The van der Waals surface area contributed by atoms with Crippen LogP contribution in [0, 0.1) is 19.8 Å². The van der Waals surface area contributed by atoms with Gasteiger partial charge >= 0.3 is 0 Å². The Hall–Kier alpha value is -1.77. The highest BCUT2D eigenvalue weighted by Crippen LogP contribution is 2.37. The van der Waals surface area contributed by atoms with E-state index in [9.17, 15) is 4.79 Å². The number of hydrogen-bond acceptors (Lipinski definition) is 1. The number of nitrogens with one attached hydrogen (secondary N) is 1. The fourth-order valence-electron chi connectivity index (χ4n) is 4.23. The molecule has 1 amide bonds. The van der Waals surface area contributed by atoms with E-state index in [0.29, 0.717) is 6.04 Å². The van der Waals surface area contributed by atoms with Gasteiger partial charge in [-0.2, -0.15) is 0 Å². The molecular formula is C19H24N2O. The van der Waals surface area contributed by atoms with Crippen molar-refractivity contribution in [3.63, 3.8) is 0 Å². The van der Waals surface area contributed by atoms with Gasteiger partial charge in [0.1, 0.15) is 5.69 Å². The summed E-state index contributed by atoms with van der Waals surface area (Å²) in [4.78, 5) is 18.5. The largest absolute Gasteiger partial charge is 0.351 e. The van der Waals surface area contributed by atoms with E-state index in [4.69, 9.17) is 0 Å². The van der Waals surface area contributed by atoms with Crippen LogP contribution >= 0.6 is 0 Å². The predicted molar refractivity (Wildman–Crippen MR) is 89.2 cm³/mol. The standard InChI is InChI=1S/C19H24N2O/c1-12-9-13(2)15-11-17(20-16(15)10-12)19(22)21-8-4-7-18(21)14-5-3-6-14/h9-11,14,18,20H,3-8H2,1-2H3/t18-/m0/s1. The molecule has 4 rings (SSSR count). The predicted octanol–water partition coefficient (Wildman–Crippen LogP) is 4.19. The van der Waals surface area contributed by atoms with Crippen LogP contribution in [0.1, 0.15) is 53.7 Å². The lowest BCUT2D eigenvalue weighted by atomic mass is 9.79. The lowest BCUT2D eigenvalue weighted by Crippen LogP contribution is -2.42. The van der Waals surface area contributed by atoms with Crippen molar-refractivity contribution >= 4 is 16.8 Å². The van der Waals surface area contributed by atoms with Crippen LogP contribution in [0.2, 0.25) is 0 Å². The Bertz CT molecular complexity index is 726. The van der Waals surface area contributed by atoms with Crippen LogP contribution in [0.25, 0.3) is 10.9 Å². The van der Waals surface area contributed by atoms with E-state index in [-0.39, 0.29) is 5.91 Å². The Morgan fingerprint density at radius 3 is 2.68 bits per heavy atom. The van der Waals surface area contributed by atoms with Gasteiger partial charge in [-0.05, 0) is 68.7 Å². The van der Waals surface area contributed by atoms with Crippen molar-refractivity contribution in [1.29, 1.82) is 0 Å². The molecule has 0 unspecified atom stereocenters. The van der Waals surface area contributed by atoms with E-state index in [1.165, 1.54) is 42.2 Å². The molecule has 2 aliphatic rings. The first-order valence-electron chi connectivity index (χ1n) is 8.54. The molecule has 3 nitrogen and oxygen atoms in total. The van der Waals surface area contributed by atoms with Crippen molar-refractivity contribution in [1.82, 2.24) is 9.88 Å². The normalized spacial score (nSPS) is 22.3. The van der Waals surface area contributed by atoms with E-state index in [2.05, 4.69) is 35.9 Å². The van der Waals surface area contributed by atoms with Gasteiger partial charge in [-0.1, -0.05) is 12.5 Å². The quantitative estimate of drug-likeness (QED) is 0.886. The third-order valence-corrected chi connectivity index (χ3v) is 5.57. The van der Waals surface area contributed by atoms with Crippen molar-refractivity contribution in [2.75, 3.05) is 6.54 Å². The first-order chi connectivity index (χ1) is 10.6. The third-order valence-electron chi connectivity index (χ3n) is 5.57. The molecule has 1 saturated carbocycles. The number of rotatable bonds is 2. The Morgan fingerprint density at radius 1 is 1.14 bits per heavy atom. The molecule has 2 fully saturated rings. The fraction of sp³-hybridized carbons (Fsp3) is 0.526. The molecule has 0 spiro atoms. The van der Waals surface area contributed by atoms with Gasteiger partial charge in [0.05, 0.1) is 0 Å². The number of aromatic nitrogens is 1. The minimum Gasteiger partial charge on any atom is -0.351 e. The highest BCUT2D eigenvalue weighted by molar-refractivity contribution is 5.99. The molecular weight excluding hydrogens is 272 g/mol. The molecule has 22 heavy (non-hydrogen) atoms. The maximum absolute atomic E-state index is 13.0. The maximum Gasteiger partial charge on any atom is 0.270 e. The average molecular weight is 296 g/mol. The van der Waals surface area contributed by atoms with Crippen LogP contribution in [-0.2, 0) is 0 Å². The van der Waals surface area contributed by atoms with Crippen molar-refractivity contribution in [3.05, 3.63) is 35.0 Å². The van der Waals surface area contributed by atoms with Crippen molar-refractivity contribution in [2.45, 2.75) is 52.0 Å². The summed E-state index contributed by atoms with van der Waals surface area (Å²) in [6, 6.07) is 6.84. The lowest BCUT2D eigenvalue weighted by molar-refractivity contribution is 0.0621. The van der Waals surface area contributed by atoms with Crippen molar-refractivity contribution in [2.24, 2.45) is 5.92 Å². The van der Waals surface area contributed by atoms with Gasteiger partial charge in [0, 0.05) is 23.5 Å². The van der Waals surface area contributed by atoms with Crippen LogP contribution in [0.5, 0.6) is 0 Å². The van der Waals surface area contributed by atoms with Gasteiger partial charge in [0.15, 0.2) is 0 Å². The molecule has 1 atom stereocenters. The second-order valence-electron chi connectivity index (χ2n) is 7.13. The maximum atomic E-state index is 13.0. The summed E-state index contributed by atoms with van der Waals surface area (Å²) in [5.74, 6) is 0.947. The molecule has 1 aromatic carbocycles. The van der Waals surface area contributed by atoms with Crippen LogP contribution in [0.4, 0.5) is 0 Å². The molecule has 2 heterocycles. The number of amides is 1. The summed E-state index contributed by atoms with van der Waals surface area (Å²) in [5.41, 5.74) is 4.32. The number of likely N-dealkylation sites (tertiary alicyclic amines) is 1. The molecule has 1 aromatic heterocycles. The monoisotopic (exact) mass is 296 g/mol. The zero-order valence-electron chi connectivity index (χ0n) is 13.5. The summed E-state index contributed by atoms with van der Waals surface area (Å²) >= 11 is 0. The second kappa shape index (κ2) is 5.15. The highest BCUT2D eigenvalue weighted by atomic mass is 16.2. The van der Waals surface area contributed by atoms with Crippen LogP contribution < -0.4 is 0 Å². The van der Waals surface area contributed by atoms with Gasteiger partial charge in [0.2, 0.25) is 0 Å². The third kappa shape index (κ3) is 2.15. The molecule has 1 aliphatic carbocycles. The summed E-state index contributed by atoms with van der Waals surface area (Å²) in [6.07, 6.45) is 6.30. The fourth-order valence-corrected chi connectivity index (χ4v) is 4.23. The number of hydrogen-bond donors (Lipinski definition) is 1. The SMILES string of the molecule is Cc1cc(C)c2cc(C(=O)N3CCC[C@H]3C3CCC3)[nH]c2c1. The minimum atomic E-state index is 0.197. The number of aryl methyl sites for hydroxylation is 2. The zero-order chi connectivity index (χ0) is 15.3. The van der Waals surface area contributed by atoms with E-state index in [1.54, 1.807) is 0 Å². The smallest absolute Gasteiger partial charge is 0.270 e. The van der Waals surface area contributed by atoms with Crippen molar-refractivity contribution < 1.29 is 4.79 Å². The van der Waals surface area contributed by atoms with Gasteiger partial charge in [0.25, 0.3) is 5.91 Å². The molecule has 116 valence electrons. The number of fused-ring (bicyclic) bond motifs is 1. The topological polar surface area (TPSA) is 36.1 Å². The Labute approximate surface area is 131 Å². The highest BCUT2D eigenvalue weighted by Gasteiger charge is 2.37. The van der Waals surface area contributed by atoms with Crippen LogP contribution in [0.3, 0.4) is 0 Å². The van der Waals surface area contributed by atoms with E-state index in [0.717, 1.165) is 30.1 Å². The van der Waals surface area contributed by atoms with E-state index < -0.39 is 0 Å². The molecule has 0 bridgehead atoms. The lowest BCUT2D eigenvalue weighted by Gasteiger charge is -2.36. The molecule has 1 saturated heterocycles. The van der Waals surface area contributed by atoms with Crippen molar-refractivity contribution in [3.8, 4) is 0 Å². The number of H-pyrrole nitrogens is 1. The Kier molecular flexibility index (Phi) is 3.24. The molecule has 0 radical (unpaired) electrons. The van der Waals surface area contributed by atoms with Gasteiger partial charge in [-0.3, -0.25) is 4.79 Å². The van der Waals surface area contributed by atoms with Gasteiger partial charge in [-0.15, -0.1) is 0 Å². The summed E-state index contributed by atoms with van der Waals surface area (Å²) in [7, 11) is 0. The zero-order valence-corrected chi connectivity index (χ0v) is 13.5. The molecule has 3 heteroatoms. The second-order valence-corrected chi connectivity index (χ2v) is 7.13. The number of nitrogens with zero attached hydrogens (tertiary/aromatic N) is 1. The minimum absolute atomic E-state index is 0.197. The summed E-state index contributed by atoms with van der Waals surface area (Å²) < 4.78 is 0. The molecule has 1 aliphatic heterocycles. The van der Waals surface area contributed by atoms with Crippen LogP contribution in [0.15, 0.2) is 18.2 Å². The first-order valence-corrected chi connectivity index (χ1v) is 8.54. The Balaban J connectivity index is 1.66. The van der Waals surface area contributed by atoms with E-state index >= 15 is 0 Å². The average Bonchev–Trinajstić information content (AvgIpc) is 3.02. The first kappa shape index (κ1) is 13.9. The van der Waals surface area contributed by atoms with Crippen LogP contribution in [-0.4, -0.2) is 28.4 Å². The molecule has 2 aromatic rings. The Morgan fingerprint density at radius 2 is 1.95 bits per heavy atom. The summed E-state index contributed by atoms with van der Waals surface area (Å²) in [6.45, 7) is 5.14. The summed E-state index contributed by atoms with van der Waals surface area (Å²) in [5, 5.41) is 1.17. The van der Waals surface area contributed by atoms with E-state index in [1.807, 2.05) is 6.07 Å². The molecule has 1 N–H and O–H groups in total. The number of carbonyl (C=O) groups is 1. The number of aromatic amines is 1. The number of carbonyl (C=O) groups excluding carboxylic acids is 1.